The van der Waals surface area contributed by atoms with E-state index >= 15 is 0 Å². The minimum Gasteiger partial charge on any atom is -0.367 e. The molecule has 0 aliphatic carbocycles. The Balaban J connectivity index is 2.56. The van der Waals surface area contributed by atoms with Crippen molar-refractivity contribution in [2.75, 3.05) is 5.73 Å². The molecular weight excluding hydrogens is 208 g/mol. The lowest BCUT2D eigenvalue weighted by molar-refractivity contribution is 0.438. The standard InChI is InChI=1S/C10H12N4O2/c1-5(2)8-9(14-16-10(8)11)6-3-4-7(15)13-12-6/h3-5H,11H2,1-2H3,(H,13,15). The van der Waals surface area contributed by atoms with Crippen LogP contribution in [0, 0.1) is 0 Å². The van der Waals surface area contributed by atoms with Gasteiger partial charge in [0.1, 0.15) is 11.4 Å². The van der Waals surface area contributed by atoms with Crippen LogP contribution in [0.3, 0.4) is 0 Å². The Kier molecular flexibility index (Phi) is 2.47. The van der Waals surface area contributed by atoms with Crippen LogP contribution in [0.5, 0.6) is 0 Å². The molecule has 6 nitrogen and oxygen atoms in total. The molecule has 0 saturated heterocycles. The predicted molar refractivity (Wildman–Crippen MR) is 58.9 cm³/mol. The smallest absolute Gasteiger partial charge is 0.264 e. The van der Waals surface area contributed by atoms with Crippen LogP contribution in [0.2, 0.25) is 0 Å². The van der Waals surface area contributed by atoms with Gasteiger partial charge < -0.3 is 10.3 Å². The van der Waals surface area contributed by atoms with Crippen molar-refractivity contribution in [2.45, 2.75) is 19.8 Å². The lowest BCUT2D eigenvalue weighted by atomic mass is 10.0. The lowest BCUT2D eigenvalue weighted by Crippen LogP contribution is -2.06. The number of nitrogens with zero attached hydrogens (tertiary/aromatic N) is 2. The van der Waals surface area contributed by atoms with Gasteiger partial charge in [-0.1, -0.05) is 19.0 Å². The van der Waals surface area contributed by atoms with Crippen molar-refractivity contribution in [3.8, 4) is 11.4 Å². The largest absolute Gasteiger partial charge is 0.367 e. The maximum atomic E-state index is 10.9. The summed E-state index contributed by atoms with van der Waals surface area (Å²) in [6.45, 7) is 3.97. The maximum absolute atomic E-state index is 10.9. The fraction of sp³-hybridized carbons (Fsp3) is 0.300. The third-order valence-electron chi connectivity index (χ3n) is 2.25. The molecule has 0 atom stereocenters. The molecule has 3 N–H and O–H groups in total. The monoisotopic (exact) mass is 220 g/mol. The van der Waals surface area contributed by atoms with Gasteiger partial charge in [-0.3, -0.25) is 4.79 Å². The van der Waals surface area contributed by atoms with Gasteiger partial charge in [-0.25, -0.2) is 5.10 Å². The molecule has 6 heteroatoms. The summed E-state index contributed by atoms with van der Waals surface area (Å²) < 4.78 is 4.94. The number of aromatic amines is 1. The topological polar surface area (TPSA) is 97.8 Å². The minimum atomic E-state index is -0.258. The molecule has 0 unspecified atom stereocenters. The average molecular weight is 220 g/mol. The van der Waals surface area contributed by atoms with Crippen LogP contribution in [0.1, 0.15) is 25.3 Å². The van der Waals surface area contributed by atoms with E-state index in [1.165, 1.54) is 6.07 Å². The number of nitrogen functional groups attached to an aromatic ring is 1. The molecule has 2 rings (SSSR count). The zero-order valence-electron chi connectivity index (χ0n) is 9.02. The van der Waals surface area contributed by atoms with Crippen molar-refractivity contribution >= 4 is 5.88 Å². The van der Waals surface area contributed by atoms with E-state index in [0.29, 0.717) is 11.4 Å². The highest BCUT2D eigenvalue weighted by Crippen LogP contribution is 2.31. The Labute approximate surface area is 91.5 Å². The SMILES string of the molecule is CC(C)c1c(-c2ccc(=O)[nH]n2)noc1N. The van der Waals surface area contributed by atoms with E-state index in [0.717, 1.165) is 5.56 Å². The van der Waals surface area contributed by atoms with E-state index in [2.05, 4.69) is 15.4 Å². The Hall–Kier alpha value is -2.11. The van der Waals surface area contributed by atoms with Crippen molar-refractivity contribution in [3.63, 3.8) is 0 Å². The van der Waals surface area contributed by atoms with Crippen LogP contribution < -0.4 is 11.3 Å². The number of nitrogens with one attached hydrogen (secondary N) is 1. The van der Waals surface area contributed by atoms with Crippen LogP contribution in [0.4, 0.5) is 5.88 Å². The summed E-state index contributed by atoms with van der Waals surface area (Å²) in [6, 6.07) is 2.97. The highest BCUT2D eigenvalue weighted by Gasteiger charge is 2.19. The zero-order valence-corrected chi connectivity index (χ0v) is 9.02. The summed E-state index contributed by atoms with van der Waals surface area (Å²) in [6.07, 6.45) is 0. The summed E-state index contributed by atoms with van der Waals surface area (Å²) in [5, 5.41) is 10.1. The van der Waals surface area contributed by atoms with Gasteiger partial charge in [0.05, 0.1) is 0 Å². The number of H-pyrrole nitrogens is 1. The molecule has 2 aromatic heterocycles. The third kappa shape index (κ3) is 1.69. The molecule has 0 saturated carbocycles. The van der Waals surface area contributed by atoms with Crippen LogP contribution in [0.25, 0.3) is 11.4 Å². The molecule has 0 aliphatic rings. The Morgan fingerprint density at radius 1 is 1.44 bits per heavy atom. The van der Waals surface area contributed by atoms with Gasteiger partial charge >= 0.3 is 0 Å². The van der Waals surface area contributed by atoms with Gasteiger partial charge in [0.2, 0.25) is 5.88 Å². The summed E-state index contributed by atoms with van der Waals surface area (Å²) in [5.74, 6) is 0.466. The van der Waals surface area contributed by atoms with Crippen molar-refractivity contribution in [3.05, 3.63) is 28.0 Å². The molecule has 0 bridgehead atoms. The van der Waals surface area contributed by atoms with Crippen molar-refractivity contribution in [1.82, 2.24) is 15.4 Å². The van der Waals surface area contributed by atoms with Gasteiger partial charge in [0.25, 0.3) is 5.56 Å². The van der Waals surface area contributed by atoms with Gasteiger partial charge in [0.15, 0.2) is 0 Å². The molecule has 0 amide bonds. The molecule has 16 heavy (non-hydrogen) atoms. The van der Waals surface area contributed by atoms with E-state index in [1.54, 1.807) is 6.07 Å². The van der Waals surface area contributed by atoms with E-state index in [1.807, 2.05) is 13.8 Å². The molecule has 84 valence electrons. The third-order valence-corrected chi connectivity index (χ3v) is 2.25. The van der Waals surface area contributed by atoms with E-state index < -0.39 is 0 Å². The number of aromatic nitrogens is 3. The van der Waals surface area contributed by atoms with Gasteiger partial charge in [0, 0.05) is 11.6 Å². The Morgan fingerprint density at radius 2 is 2.19 bits per heavy atom. The summed E-state index contributed by atoms with van der Waals surface area (Å²) in [4.78, 5) is 10.9. The number of anilines is 1. The quantitative estimate of drug-likeness (QED) is 0.790. The summed E-state index contributed by atoms with van der Waals surface area (Å²) in [7, 11) is 0. The van der Waals surface area contributed by atoms with Crippen LogP contribution in [-0.4, -0.2) is 15.4 Å². The van der Waals surface area contributed by atoms with E-state index in [-0.39, 0.29) is 17.4 Å². The second-order valence-electron chi connectivity index (χ2n) is 3.77. The van der Waals surface area contributed by atoms with Gasteiger partial charge in [-0.2, -0.15) is 5.10 Å². The number of rotatable bonds is 2. The van der Waals surface area contributed by atoms with Gasteiger partial charge in [-0.15, -0.1) is 0 Å². The first-order valence-electron chi connectivity index (χ1n) is 4.90. The second-order valence-corrected chi connectivity index (χ2v) is 3.77. The molecule has 0 aliphatic heterocycles. The van der Waals surface area contributed by atoms with Crippen molar-refractivity contribution in [1.29, 1.82) is 0 Å². The van der Waals surface area contributed by atoms with Crippen molar-refractivity contribution < 1.29 is 4.52 Å². The van der Waals surface area contributed by atoms with E-state index in [4.69, 9.17) is 10.3 Å². The normalized spacial score (nSPS) is 10.9. The number of hydrogen-bond donors (Lipinski definition) is 2. The second kappa shape index (κ2) is 3.80. The number of hydrogen-bond acceptors (Lipinski definition) is 5. The van der Waals surface area contributed by atoms with Gasteiger partial charge in [-0.05, 0) is 12.0 Å². The fourth-order valence-corrected chi connectivity index (χ4v) is 1.53. The first-order chi connectivity index (χ1) is 7.59. The predicted octanol–water partition coefficient (Wildman–Crippen LogP) is 1.13. The first-order valence-corrected chi connectivity index (χ1v) is 4.90. The van der Waals surface area contributed by atoms with Crippen LogP contribution in [0.15, 0.2) is 21.5 Å². The molecule has 2 aromatic rings. The Morgan fingerprint density at radius 3 is 2.75 bits per heavy atom. The first kappa shape index (κ1) is 10.4. The Bertz CT molecular complexity index is 536. The van der Waals surface area contributed by atoms with Crippen LogP contribution in [-0.2, 0) is 0 Å². The minimum absolute atomic E-state index is 0.176. The average Bonchev–Trinajstić information content (AvgIpc) is 2.61. The van der Waals surface area contributed by atoms with Crippen LogP contribution >= 0.6 is 0 Å². The lowest BCUT2D eigenvalue weighted by Gasteiger charge is -2.03. The highest BCUT2D eigenvalue weighted by molar-refractivity contribution is 5.64. The fourth-order valence-electron chi connectivity index (χ4n) is 1.53. The zero-order chi connectivity index (χ0) is 11.7. The molecule has 2 heterocycles. The summed E-state index contributed by atoms with van der Waals surface area (Å²) in [5.41, 5.74) is 7.35. The maximum Gasteiger partial charge on any atom is 0.264 e. The van der Waals surface area contributed by atoms with Crippen molar-refractivity contribution in [2.24, 2.45) is 0 Å². The van der Waals surface area contributed by atoms with E-state index in [9.17, 15) is 4.79 Å². The molecule has 0 fully saturated rings. The molecule has 0 aromatic carbocycles. The molecular formula is C10H12N4O2. The number of nitrogens with two attached hydrogens (primary N) is 1. The molecule has 0 spiro atoms. The highest BCUT2D eigenvalue weighted by atomic mass is 16.5. The summed E-state index contributed by atoms with van der Waals surface area (Å²) >= 11 is 0. The molecule has 0 radical (unpaired) electrons.